The molecule has 1 amide bonds. The van der Waals surface area contributed by atoms with E-state index in [1.54, 1.807) is 13.4 Å². The first kappa shape index (κ1) is 15.5. The number of H-pyrrole nitrogens is 1. The smallest absolute Gasteiger partial charge is 0.329 e. The fraction of sp³-hybridized carbons (Fsp3) is 0.615. The number of esters is 1. The molecule has 0 aromatic carbocycles. The highest BCUT2D eigenvalue weighted by atomic mass is 16.5. The predicted molar refractivity (Wildman–Crippen MR) is 71.3 cm³/mol. The number of fused-ring (bicyclic) bond motifs is 1. The van der Waals surface area contributed by atoms with Crippen molar-refractivity contribution in [2.75, 3.05) is 34.0 Å². The minimum Gasteiger partial charge on any atom is -0.467 e. The van der Waals surface area contributed by atoms with Crippen LogP contribution in [-0.4, -0.2) is 66.8 Å². The maximum Gasteiger partial charge on any atom is 0.329 e. The minimum absolute atomic E-state index is 0.0969. The Morgan fingerprint density at radius 2 is 2.24 bits per heavy atom. The van der Waals surface area contributed by atoms with Crippen molar-refractivity contribution in [2.45, 2.75) is 19.0 Å². The Bertz CT molecular complexity index is 502. The molecular weight excluding hydrogens is 278 g/mol. The summed E-state index contributed by atoms with van der Waals surface area (Å²) < 4.78 is 14.8. The number of ether oxygens (including phenoxy) is 3. The number of rotatable bonds is 6. The SMILES string of the molecule is COCCOCC(=O)N1Cc2[nH]cnc2CC1C(=O)OC. The second kappa shape index (κ2) is 7.19. The van der Waals surface area contributed by atoms with Crippen LogP contribution < -0.4 is 0 Å². The fourth-order valence-corrected chi connectivity index (χ4v) is 2.23. The lowest BCUT2D eigenvalue weighted by Gasteiger charge is -2.33. The number of imidazole rings is 1. The number of nitrogens with one attached hydrogen (secondary N) is 1. The molecular formula is C13H19N3O5. The number of aromatic amines is 1. The van der Waals surface area contributed by atoms with E-state index in [9.17, 15) is 9.59 Å². The summed E-state index contributed by atoms with van der Waals surface area (Å²) in [5.41, 5.74) is 1.62. The van der Waals surface area contributed by atoms with Crippen molar-refractivity contribution < 1.29 is 23.8 Å². The van der Waals surface area contributed by atoms with Gasteiger partial charge in [0.25, 0.3) is 0 Å². The number of amides is 1. The van der Waals surface area contributed by atoms with Crippen LogP contribution in [0.4, 0.5) is 0 Å². The van der Waals surface area contributed by atoms with E-state index in [0.29, 0.717) is 26.2 Å². The summed E-state index contributed by atoms with van der Waals surface area (Å²) in [5, 5.41) is 0. The van der Waals surface area contributed by atoms with E-state index in [1.165, 1.54) is 12.0 Å². The van der Waals surface area contributed by atoms with Gasteiger partial charge in [0.05, 0.1) is 44.6 Å². The maximum absolute atomic E-state index is 12.2. The molecule has 1 aromatic rings. The average Bonchev–Trinajstić information content (AvgIpc) is 2.96. The first-order valence-corrected chi connectivity index (χ1v) is 6.62. The summed E-state index contributed by atoms with van der Waals surface area (Å²) in [6.45, 7) is 0.939. The van der Waals surface area contributed by atoms with E-state index < -0.39 is 12.0 Å². The van der Waals surface area contributed by atoms with Gasteiger partial charge in [0.2, 0.25) is 5.91 Å². The van der Waals surface area contributed by atoms with Crippen LogP contribution in [0.15, 0.2) is 6.33 Å². The van der Waals surface area contributed by atoms with Gasteiger partial charge in [-0.3, -0.25) is 4.79 Å². The van der Waals surface area contributed by atoms with Gasteiger partial charge in [-0.05, 0) is 0 Å². The van der Waals surface area contributed by atoms with Crippen molar-refractivity contribution in [1.82, 2.24) is 14.9 Å². The number of methoxy groups -OCH3 is 2. The van der Waals surface area contributed by atoms with Gasteiger partial charge in [-0.25, -0.2) is 9.78 Å². The lowest BCUT2D eigenvalue weighted by Crippen LogP contribution is -2.50. The topological polar surface area (TPSA) is 93.8 Å². The van der Waals surface area contributed by atoms with Crippen LogP contribution >= 0.6 is 0 Å². The Balaban J connectivity index is 2.04. The standard InChI is InChI=1S/C13H19N3O5/c1-19-3-4-21-7-12(17)16-6-10-9(14-8-15-10)5-11(16)13(18)20-2/h8,11H,3-7H2,1-2H3,(H,14,15). The zero-order valence-corrected chi connectivity index (χ0v) is 12.1. The molecule has 2 rings (SSSR count). The normalized spacial score (nSPS) is 17.4. The molecule has 8 nitrogen and oxygen atoms in total. The number of hydrogen-bond acceptors (Lipinski definition) is 6. The zero-order chi connectivity index (χ0) is 15.2. The van der Waals surface area contributed by atoms with Crippen molar-refractivity contribution in [3.63, 3.8) is 0 Å². The van der Waals surface area contributed by atoms with Crippen molar-refractivity contribution >= 4 is 11.9 Å². The molecule has 8 heteroatoms. The highest BCUT2D eigenvalue weighted by Gasteiger charge is 2.36. The average molecular weight is 297 g/mol. The largest absolute Gasteiger partial charge is 0.467 e. The Labute approximate surface area is 122 Å². The Morgan fingerprint density at radius 3 is 2.95 bits per heavy atom. The Hall–Kier alpha value is -1.93. The molecule has 1 N–H and O–H groups in total. The lowest BCUT2D eigenvalue weighted by atomic mass is 10.0. The highest BCUT2D eigenvalue weighted by Crippen LogP contribution is 2.21. The molecule has 0 saturated heterocycles. The molecule has 0 aliphatic carbocycles. The van der Waals surface area contributed by atoms with Crippen LogP contribution in [0, 0.1) is 0 Å². The number of nitrogens with zero attached hydrogens (tertiary/aromatic N) is 2. The van der Waals surface area contributed by atoms with Gasteiger partial charge in [-0.15, -0.1) is 0 Å². The molecule has 1 aromatic heterocycles. The first-order valence-electron chi connectivity index (χ1n) is 6.62. The number of aromatic nitrogens is 2. The highest BCUT2D eigenvalue weighted by molar-refractivity contribution is 5.85. The number of hydrogen-bond donors (Lipinski definition) is 1. The summed E-state index contributed by atoms with van der Waals surface area (Å²) in [7, 11) is 2.86. The van der Waals surface area contributed by atoms with Crippen molar-refractivity contribution in [1.29, 1.82) is 0 Å². The number of carbonyl (C=O) groups is 2. The molecule has 21 heavy (non-hydrogen) atoms. The van der Waals surface area contributed by atoms with Gasteiger partial charge in [-0.1, -0.05) is 0 Å². The van der Waals surface area contributed by atoms with E-state index in [1.807, 2.05) is 0 Å². The summed E-state index contributed by atoms with van der Waals surface area (Å²) >= 11 is 0. The van der Waals surface area contributed by atoms with Gasteiger partial charge in [0.1, 0.15) is 12.6 Å². The maximum atomic E-state index is 12.2. The van der Waals surface area contributed by atoms with Crippen molar-refractivity contribution in [3.8, 4) is 0 Å². The minimum atomic E-state index is -0.663. The van der Waals surface area contributed by atoms with Crippen molar-refractivity contribution in [3.05, 3.63) is 17.7 Å². The molecule has 0 saturated carbocycles. The van der Waals surface area contributed by atoms with Crippen molar-refractivity contribution in [2.24, 2.45) is 0 Å². The van der Waals surface area contributed by atoms with Gasteiger partial charge in [0.15, 0.2) is 0 Å². The van der Waals surface area contributed by atoms with E-state index in [4.69, 9.17) is 14.2 Å². The van der Waals surface area contributed by atoms with Crippen LogP contribution in [-0.2, 0) is 36.8 Å². The predicted octanol–water partition coefficient (Wildman–Crippen LogP) is -0.501. The third kappa shape index (κ3) is 3.59. The molecule has 1 atom stereocenters. The van der Waals surface area contributed by atoms with E-state index in [2.05, 4.69) is 9.97 Å². The van der Waals surface area contributed by atoms with Gasteiger partial charge in [-0.2, -0.15) is 0 Å². The first-order chi connectivity index (χ1) is 10.2. The molecule has 0 fully saturated rings. The second-order valence-electron chi connectivity index (χ2n) is 4.64. The zero-order valence-electron chi connectivity index (χ0n) is 12.1. The van der Waals surface area contributed by atoms with Crippen LogP contribution in [0.2, 0.25) is 0 Å². The molecule has 0 spiro atoms. The van der Waals surface area contributed by atoms with Crippen LogP contribution in [0.5, 0.6) is 0 Å². The van der Waals surface area contributed by atoms with Crippen LogP contribution in [0.25, 0.3) is 0 Å². The summed E-state index contributed by atoms with van der Waals surface area (Å²) in [5.74, 6) is -0.712. The Kier molecular flexibility index (Phi) is 5.29. The monoisotopic (exact) mass is 297 g/mol. The van der Waals surface area contributed by atoms with Gasteiger partial charge < -0.3 is 24.1 Å². The lowest BCUT2D eigenvalue weighted by molar-refractivity contribution is -0.156. The summed E-state index contributed by atoms with van der Waals surface area (Å²) in [6, 6.07) is -0.663. The molecule has 0 bridgehead atoms. The molecule has 0 radical (unpaired) electrons. The Morgan fingerprint density at radius 1 is 1.43 bits per heavy atom. The van der Waals surface area contributed by atoms with E-state index in [0.717, 1.165) is 11.4 Å². The number of carbonyl (C=O) groups excluding carboxylic acids is 2. The molecule has 2 heterocycles. The fourth-order valence-electron chi connectivity index (χ4n) is 2.23. The summed E-state index contributed by atoms with van der Waals surface area (Å²) in [6.07, 6.45) is 1.90. The summed E-state index contributed by atoms with van der Waals surface area (Å²) in [4.78, 5) is 32.7. The van der Waals surface area contributed by atoms with Crippen LogP contribution in [0.3, 0.4) is 0 Å². The van der Waals surface area contributed by atoms with Crippen LogP contribution in [0.1, 0.15) is 11.4 Å². The molecule has 1 aliphatic rings. The second-order valence-corrected chi connectivity index (χ2v) is 4.64. The third-order valence-electron chi connectivity index (χ3n) is 3.35. The van der Waals surface area contributed by atoms with Gasteiger partial charge >= 0.3 is 5.97 Å². The van der Waals surface area contributed by atoms with Gasteiger partial charge in [0, 0.05) is 13.5 Å². The molecule has 1 aliphatic heterocycles. The van der Waals surface area contributed by atoms with E-state index >= 15 is 0 Å². The molecule has 1 unspecified atom stereocenters. The molecule has 116 valence electrons. The quantitative estimate of drug-likeness (QED) is 0.562. The van der Waals surface area contributed by atoms with E-state index in [-0.39, 0.29) is 12.5 Å². The third-order valence-corrected chi connectivity index (χ3v) is 3.35.